The van der Waals surface area contributed by atoms with Crippen molar-refractivity contribution in [2.45, 2.75) is 26.7 Å². The van der Waals surface area contributed by atoms with E-state index >= 15 is 0 Å². The van der Waals surface area contributed by atoms with Gasteiger partial charge in [0.15, 0.2) is 5.96 Å². The largest absolute Gasteiger partial charge is 0.469 e. The van der Waals surface area contributed by atoms with E-state index in [4.69, 9.17) is 9.47 Å². The Hall–Kier alpha value is -2.13. The Bertz CT molecular complexity index is 843. The van der Waals surface area contributed by atoms with Crippen LogP contribution in [0.5, 0.6) is 0 Å². The second-order valence-corrected chi connectivity index (χ2v) is 7.71. The van der Waals surface area contributed by atoms with E-state index in [2.05, 4.69) is 58.5 Å². The molecule has 0 bridgehead atoms. The molecule has 2 unspecified atom stereocenters. The van der Waals surface area contributed by atoms with Crippen LogP contribution in [0.4, 0.5) is 0 Å². The summed E-state index contributed by atoms with van der Waals surface area (Å²) in [4.78, 5) is 18.4. The number of aliphatic imine (C=N–C) groups is 1. The van der Waals surface area contributed by atoms with Crippen LogP contribution in [0.1, 0.15) is 23.6 Å². The molecule has 0 aliphatic carbocycles. The third kappa shape index (κ3) is 7.21. The fourth-order valence-corrected chi connectivity index (χ4v) is 3.73. The van der Waals surface area contributed by atoms with Crippen molar-refractivity contribution >= 4 is 35.9 Å². The lowest BCUT2D eigenvalue weighted by molar-refractivity contribution is -0.145. The number of hydrogen-bond acceptors (Lipinski definition) is 4. The van der Waals surface area contributed by atoms with Crippen LogP contribution in [0.15, 0.2) is 59.6 Å². The minimum Gasteiger partial charge on any atom is -0.469 e. The molecule has 0 saturated carbocycles. The average molecular weight is 537 g/mol. The van der Waals surface area contributed by atoms with E-state index in [1.807, 2.05) is 18.2 Å². The number of esters is 1. The Morgan fingerprint density at radius 1 is 1.03 bits per heavy atom. The molecule has 6 nitrogen and oxygen atoms in total. The number of benzene rings is 2. The van der Waals surface area contributed by atoms with Crippen LogP contribution in [0.2, 0.25) is 0 Å². The van der Waals surface area contributed by atoms with Gasteiger partial charge in [0, 0.05) is 26.7 Å². The monoisotopic (exact) mass is 537 g/mol. The maximum absolute atomic E-state index is 11.9. The van der Waals surface area contributed by atoms with E-state index < -0.39 is 0 Å². The molecule has 1 fully saturated rings. The van der Waals surface area contributed by atoms with Gasteiger partial charge in [-0.3, -0.25) is 9.79 Å². The first-order valence-electron chi connectivity index (χ1n) is 10.3. The van der Waals surface area contributed by atoms with E-state index in [0.717, 1.165) is 18.1 Å². The lowest BCUT2D eigenvalue weighted by Crippen LogP contribution is -2.40. The summed E-state index contributed by atoms with van der Waals surface area (Å²) in [5.74, 6) is 0.795. The number of guanidine groups is 1. The molecule has 0 amide bonds. The predicted octanol–water partition coefficient (Wildman–Crippen LogP) is 3.84. The zero-order valence-electron chi connectivity index (χ0n) is 18.4. The number of rotatable bonds is 7. The molecule has 2 aromatic carbocycles. The van der Waals surface area contributed by atoms with Gasteiger partial charge in [-0.25, -0.2) is 0 Å². The molecular weight excluding hydrogens is 505 g/mol. The number of hydrogen-bond donors (Lipinski definition) is 1. The van der Waals surface area contributed by atoms with Gasteiger partial charge in [-0.05, 0) is 22.6 Å². The zero-order chi connectivity index (χ0) is 21.3. The van der Waals surface area contributed by atoms with Crippen molar-refractivity contribution in [1.29, 1.82) is 0 Å². The zero-order valence-corrected chi connectivity index (χ0v) is 20.7. The number of nitrogens with one attached hydrogen (secondary N) is 1. The molecule has 2 aromatic rings. The van der Waals surface area contributed by atoms with Crippen LogP contribution in [0.25, 0.3) is 0 Å². The van der Waals surface area contributed by atoms with Gasteiger partial charge in [-0.2, -0.15) is 0 Å². The second-order valence-electron chi connectivity index (χ2n) is 7.71. The standard InChI is InChI=1S/C24H31N3O3.HI/c1-18-14-27(15-22(18)23(28)29-3)24(25-2)26-13-19-9-11-21(12-10-19)17-30-16-20-7-5-4-6-8-20;/h4-12,18,22H,13-17H2,1-3H3,(H,25,26);1H. The first-order valence-corrected chi connectivity index (χ1v) is 10.3. The molecule has 1 heterocycles. The highest BCUT2D eigenvalue weighted by molar-refractivity contribution is 14.0. The Balaban J connectivity index is 0.00000341. The highest BCUT2D eigenvalue weighted by Crippen LogP contribution is 2.24. The lowest BCUT2D eigenvalue weighted by atomic mass is 9.99. The van der Waals surface area contributed by atoms with Gasteiger partial charge in [0.05, 0.1) is 26.2 Å². The van der Waals surface area contributed by atoms with Gasteiger partial charge >= 0.3 is 5.97 Å². The van der Waals surface area contributed by atoms with Gasteiger partial charge in [0.25, 0.3) is 0 Å². The quantitative estimate of drug-likeness (QED) is 0.252. The number of carbonyl (C=O) groups is 1. The fraction of sp³-hybridized carbons (Fsp3) is 0.417. The van der Waals surface area contributed by atoms with Crippen LogP contribution in [-0.2, 0) is 34.0 Å². The first-order chi connectivity index (χ1) is 14.6. The van der Waals surface area contributed by atoms with Crippen molar-refractivity contribution in [1.82, 2.24) is 10.2 Å². The molecule has 0 aromatic heterocycles. The summed E-state index contributed by atoms with van der Waals surface area (Å²) in [6, 6.07) is 18.6. The number of ether oxygens (including phenoxy) is 2. The molecule has 7 heteroatoms. The molecule has 0 radical (unpaired) electrons. The normalized spacial score (nSPS) is 18.4. The molecule has 2 atom stereocenters. The van der Waals surface area contributed by atoms with Gasteiger partial charge in [0.2, 0.25) is 0 Å². The second kappa shape index (κ2) is 12.7. The molecule has 31 heavy (non-hydrogen) atoms. The number of halogens is 1. The van der Waals surface area contributed by atoms with Gasteiger partial charge in [-0.1, -0.05) is 61.5 Å². The Labute approximate surface area is 202 Å². The summed E-state index contributed by atoms with van der Waals surface area (Å²) in [6.45, 7) is 5.37. The minimum absolute atomic E-state index is 0. The topological polar surface area (TPSA) is 63.2 Å². The van der Waals surface area contributed by atoms with Crippen LogP contribution < -0.4 is 5.32 Å². The molecule has 3 rings (SSSR count). The van der Waals surface area contributed by atoms with Crippen LogP contribution >= 0.6 is 24.0 Å². The molecule has 1 aliphatic rings. The summed E-state index contributed by atoms with van der Waals surface area (Å²) >= 11 is 0. The number of likely N-dealkylation sites (tertiary alicyclic amines) is 1. The Morgan fingerprint density at radius 2 is 1.65 bits per heavy atom. The fourth-order valence-electron chi connectivity index (χ4n) is 3.73. The SMILES string of the molecule is CN=C(NCc1ccc(COCc2ccccc2)cc1)N1CC(C)C(C(=O)OC)C1.I. The van der Waals surface area contributed by atoms with E-state index in [9.17, 15) is 4.79 Å². The van der Waals surface area contributed by atoms with Crippen molar-refractivity contribution in [3.8, 4) is 0 Å². The third-order valence-electron chi connectivity index (χ3n) is 5.48. The van der Waals surface area contributed by atoms with Crippen molar-refractivity contribution in [2.24, 2.45) is 16.8 Å². The molecule has 0 spiro atoms. The summed E-state index contributed by atoms with van der Waals surface area (Å²) in [5, 5.41) is 3.40. The van der Waals surface area contributed by atoms with Crippen molar-refractivity contribution in [3.05, 3.63) is 71.3 Å². The van der Waals surface area contributed by atoms with Gasteiger partial charge in [-0.15, -0.1) is 24.0 Å². The highest BCUT2D eigenvalue weighted by Gasteiger charge is 2.36. The number of nitrogens with zero attached hydrogens (tertiary/aromatic N) is 2. The number of methoxy groups -OCH3 is 1. The minimum atomic E-state index is -0.148. The maximum Gasteiger partial charge on any atom is 0.310 e. The van der Waals surface area contributed by atoms with Crippen molar-refractivity contribution in [3.63, 3.8) is 0 Å². The molecule has 1 aliphatic heterocycles. The molecule has 1 N–H and O–H groups in total. The predicted molar refractivity (Wildman–Crippen MR) is 133 cm³/mol. The average Bonchev–Trinajstić information content (AvgIpc) is 3.17. The maximum atomic E-state index is 11.9. The summed E-state index contributed by atoms with van der Waals surface area (Å²) < 4.78 is 10.7. The summed E-state index contributed by atoms with van der Waals surface area (Å²) in [7, 11) is 3.22. The third-order valence-corrected chi connectivity index (χ3v) is 5.48. The van der Waals surface area contributed by atoms with Gasteiger partial charge < -0.3 is 19.7 Å². The van der Waals surface area contributed by atoms with Crippen LogP contribution in [0.3, 0.4) is 0 Å². The van der Waals surface area contributed by atoms with E-state index in [0.29, 0.717) is 26.3 Å². The van der Waals surface area contributed by atoms with Gasteiger partial charge in [0.1, 0.15) is 0 Å². The van der Waals surface area contributed by atoms with Crippen LogP contribution in [-0.4, -0.2) is 44.1 Å². The Kier molecular flexibility index (Phi) is 10.3. The van der Waals surface area contributed by atoms with Crippen LogP contribution in [0, 0.1) is 11.8 Å². The first kappa shape index (κ1) is 25.1. The summed E-state index contributed by atoms with van der Waals surface area (Å²) in [5.41, 5.74) is 3.49. The van der Waals surface area contributed by atoms with E-state index in [-0.39, 0.29) is 41.8 Å². The molecular formula is C24H32IN3O3. The smallest absolute Gasteiger partial charge is 0.310 e. The van der Waals surface area contributed by atoms with E-state index in [1.165, 1.54) is 18.2 Å². The molecule has 168 valence electrons. The lowest BCUT2D eigenvalue weighted by Gasteiger charge is -2.21. The Morgan fingerprint density at radius 3 is 2.26 bits per heavy atom. The van der Waals surface area contributed by atoms with Crippen molar-refractivity contribution in [2.75, 3.05) is 27.2 Å². The summed E-state index contributed by atoms with van der Waals surface area (Å²) in [6.07, 6.45) is 0. The van der Waals surface area contributed by atoms with Crippen molar-refractivity contribution < 1.29 is 14.3 Å². The van der Waals surface area contributed by atoms with E-state index in [1.54, 1.807) is 7.05 Å². The highest BCUT2D eigenvalue weighted by atomic mass is 127. The molecule has 1 saturated heterocycles. The number of carbonyl (C=O) groups excluding carboxylic acids is 1.